The van der Waals surface area contributed by atoms with Crippen LogP contribution in [0.1, 0.15) is 18.4 Å². The molecule has 1 aromatic carbocycles. The van der Waals surface area contributed by atoms with Crippen LogP contribution >= 0.6 is 0 Å². The second kappa shape index (κ2) is 4.84. The summed E-state index contributed by atoms with van der Waals surface area (Å²) >= 11 is 0. The first kappa shape index (κ1) is 10.7. The third kappa shape index (κ3) is 2.32. The van der Waals surface area contributed by atoms with Crippen molar-refractivity contribution in [1.29, 1.82) is 0 Å². The summed E-state index contributed by atoms with van der Waals surface area (Å²) < 4.78 is 0. The van der Waals surface area contributed by atoms with Crippen molar-refractivity contribution >= 4 is 10.8 Å². The van der Waals surface area contributed by atoms with Gasteiger partial charge in [0.05, 0.1) is 0 Å². The molecule has 3 rings (SSSR count). The molecule has 1 unspecified atom stereocenters. The van der Waals surface area contributed by atoms with Crippen molar-refractivity contribution in [2.45, 2.75) is 19.3 Å². The lowest BCUT2D eigenvalue weighted by molar-refractivity contribution is 0.377. The molecule has 2 heteroatoms. The van der Waals surface area contributed by atoms with Crippen LogP contribution in [0.3, 0.4) is 0 Å². The normalized spacial score (nSPS) is 20.6. The van der Waals surface area contributed by atoms with Gasteiger partial charge >= 0.3 is 0 Å². The fourth-order valence-electron chi connectivity index (χ4n) is 2.76. The van der Waals surface area contributed by atoms with E-state index < -0.39 is 0 Å². The molecule has 0 bridgehead atoms. The van der Waals surface area contributed by atoms with E-state index in [0.29, 0.717) is 0 Å². The number of nitrogens with zero attached hydrogens (tertiary/aromatic N) is 1. The molecule has 1 fully saturated rings. The third-order valence-corrected chi connectivity index (χ3v) is 3.68. The van der Waals surface area contributed by atoms with Gasteiger partial charge in [0, 0.05) is 17.8 Å². The molecule has 0 saturated carbocycles. The summed E-state index contributed by atoms with van der Waals surface area (Å²) in [5.74, 6) is 0.787. The lowest BCUT2D eigenvalue weighted by Crippen LogP contribution is -2.30. The van der Waals surface area contributed by atoms with Crippen LogP contribution in [0.2, 0.25) is 0 Å². The van der Waals surface area contributed by atoms with Gasteiger partial charge in [-0.2, -0.15) is 0 Å². The van der Waals surface area contributed by atoms with Gasteiger partial charge in [-0.05, 0) is 55.3 Å². The number of fused-ring (bicyclic) bond motifs is 1. The van der Waals surface area contributed by atoms with Crippen LogP contribution in [0.15, 0.2) is 36.7 Å². The summed E-state index contributed by atoms with van der Waals surface area (Å²) in [4.78, 5) is 4.25. The van der Waals surface area contributed by atoms with Gasteiger partial charge in [0.15, 0.2) is 0 Å². The Hall–Kier alpha value is -1.41. The highest BCUT2D eigenvalue weighted by molar-refractivity contribution is 5.84. The van der Waals surface area contributed by atoms with E-state index in [1.54, 1.807) is 0 Å². The zero-order valence-electron chi connectivity index (χ0n) is 10.0. The summed E-state index contributed by atoms with van der Waals surface area (Å²) in [6.45, 7) is 2.35. The SMILES string of the molecule is c1cc(CC2CCCNC2)c2cnccc2c1. The lowest BCUT2D eigenvalue weighted by Gasteiger charge is -2.23. The molecule has 1 N–H and O–H groups in total. The van der Waals surface area contributed by atoms with Gasteiger partial charge in [-0.15, -0.1) is 0 Å². The maximum atomic E-state index is 4.25. The molecular formula is C15H18N2. The van der Waals surface area contributed by atoms with Crippen LogP contribution in [-0.2, 0) is 6.42 Å². The highest BCUT2D eigenvalue weighted by atomic mass is 14.9. The van der Waals surface area contributed by atoms with E-state index >= 15 is 0 Å². The largest absolute Gasteiger partial charge is 0.316 e. The molecule has 88 valence electrons. The number of hydrogen-bond acceptors (Lipinski definition) is 2. The Balaban J connectivity index is 1.89. The minimum absolute atomic E-state index is 0.787. The predicted molar refractivity (Wildman–Crippen MR) is 71.0 cm³/mol. The number of hydrogen-bond donors (Lipinski definition) is 1. The predicted octanol–water partition coefficient (Wildman–Crippen LogP) is 2.78. The Bertz CT molecular complexity index is 496. The van der Waals surface area contributed by atoms with Crippen LogP contribution in [-0.4, -0.2) is 18.1 Å². The number of aromatic nitrogens is 1. The summed E-state index contributed by atoms with van der Waals surface area (Å²) in [5, 5.41) is 6.11. The van der Waals surface area contributed by atoms with Gasteiger partial charge in [-0.3, -0.25) is 4.98 Å². The molecule has 0 spiro atoms. The number of rotatable bonds is 2. The Labute approximate surface area is 102 Å². The standard InChI is InChI=1S/C15H18N2/c1-4-13-6-8-17-11-15(13)14(5-1)9-12-3-2-7-16-10-12/h1,4-6,8,11-12,16H,2-3,7,9-10H2. The first-order valence-corrected chi connectivity index (χ1v) is 6.46. The van der Waals surface area contributed by atoms with Crippen molar-refractivity contribution in [2.24, 2.45) is 5.92 Å². The number of piperidine rings is 1. The van der Waals surface area contributed by atoms with Crippen molar-refractivity contribution in [3.63, 3.8) is 0 Å². The van der Waals surface area contributed by atoms with Crippen LogP contribution in [0.4, 0.5) is 0 Å². The van der Waals surface area contributed by atoms with Crippen LogP contribution in [0.5, 0.6) is 0 Å². The van der Waals surface area contributed by atoms with Crippen LogP contribution in [0.25, 0.3) is 10.8 Å². The smallest absolute Gasteiger partial charge is 0.0349 e. The fourth-order valence-corrected chi connectivity index (χ4v) is 2.76. The molecule has 0 amide bonds. The minimum Gasteiger partial charge on any atom is -0.316 e. The average molecular weight is 226 g/mol. The molecule has 2 heterocycles. The Morgan fingerprint density at radius 2 is 2.29 bits per heavy atom. The Kier molecular flexibility index (Phi) is 3.06. The highest BCUT2D eigenvalue weighted by Gasteiger charge is 2.14. The Morgan fingerprint density at radius 3 is 3.18 bits per heavy atom. The molecule has 0 aliphatic carbocycles. The molecule has 2 aromatic rings. The average Bonchev–Trinajstić information content (AvgIpc) is 2.40. The van der Waals surface area contributed by atoms with E-state index in [4.69, 9.17) is 0 Å². The fraction of sp³-hybridized carbons (Fsp3) is 0.400. The molecule has 1 aliphatic rings. The van der Waals surface area contributed by atoms with Crippen LogP contribution in [0, 0.1) is 5.92 Å². The quantitative estimate of drug-likeness (QED) is 0.851. The van der Waals surface area contributed by atoms with E-state index in [0.717, 1.165) is 12.5 Å². The van der Waals surface area contributed by atoms with Crippen molar-refractivity contribution in [2.75, 3.05) is 13.1 Å². The van der Waals surface area contributed by atoms with E-state index in [9.17, 15) is 0 Å². The van der Waals surface area contributed by atoms with Gasteiger partial charge in [0.2, 0.25) is 0 Å². The van der Waals surface area contributed by atoms with Gasteiger partial charge in [-0.25, -0.2) is 0 Å². The van der Waals surface area contributed by atoms with Gasteiger partial charge in [-0.1, -0.05) is 18.2 Å². The second-order valence-electron chi connectivity index (χ2n) is 4.93. The number of pyridine rings is 1. The summed E-state index contributed by atoms with van der Waals surface area (Å²) in [6.07, 6.45) is 7.71. The van der Waals surface area contributed by atoms with Gasteiger partial charge < -0.3 is 5.32 Å². The van der Waals surface area contributed by atoms with Gasteiger partial charge in [0.25, 0.3) is 0 Å². The van der Waals surface area contributed by atoms with E-state index in [1.807, 2.05) is 12.4 Å². The van der Waals surface area contributed by atoms with E-state index in [1.165, 1.54) is 42.1 Å². The monoisotopic (exact) mass is 226 g/mol. The molecule has 1 saturated heterocycles. The third-order valence-electron chi connectivity index (χ3n) is 3.68. The zero-order chi connectivity index (χ0) is 11.5. The highest BCUT2D eigenvalue weighted by Crippen LogP contribution is 2.22. The first-order valence-electron chi connectivity index (χ1n) is 6.46. The maximum absolute atomic E-state index is 4.25. The van der Waals surface area contributed by atoms with Gasteiger partial charge in [0.1, 0.15) is 0 Å². The van der Waals surface area contributed by atoms with Crippen LogP contribution < -0.4 is 5.32 Å². The minimum atomic E-state index is 0.787. The van der Waals surface area contributed by atoms with E-state index in [-0.39, 0.29) is 0 Å². The molecule has 1 aliphatic heterocycles. The topological polar surface area (TPSA) is 24.9 Å². The summed E-state index contributed by atoms with van der Waals surface area (Å²) in [5.41, 5.74) is 1.45. The van der Waals surface area contributed by atoms with Crippen molar-refractivity contribution in [1.82, 2.24) is 10.3 Å². The van der Waals surface area contributed by atoms with Crippen molar-refractivity contribution in [3.05, 3.63) is 42.2 Å². The number of benzene rings is 1. The summed E-state index contributed by atoms with van der Waals surface area (Å²) in [7, 11) is 0. The zero-order valence-corrected chi connectivity index (χ0v) is 10.0. The molecule has 1 aromatic heterocycles. The lowest BCUT2D eigenvalue weighted by atomic mass is 9.90. The molecule has 17 heavy (non-hydrogen) atoms. The Morgan fingerprint density at radius 1 is 1.29 bits per heavy atom. The molecule has 2 nitrogen and oxygen atoms in total. The second-order valence-corrected chi connectivity index (χ2v) is 4.93. The van der Waals surface area contributed by atoms with Crippen molar-refractivity contribution < 1.29 is 0 Å². The van der Waals surface area contributed by atoms with E-state index in [2.05, 4.69) is 34.6 Å². The molecule has 0 radical (unpaired) electrons. The first-order chi connectivity index (χ1) is 8.43. The maximum Gasteiger partial charge on any atom is 0.0349 e. The molecule has 1 atom stereocenters. The molecular weight excluding hydrogens is 208 g/mol. The van der Waals surface area contributed by atoms with Crippen molar-refractivity contribution in [3.8, 4) is 0 Å². The number of nitrogens with one attached hydrogen (secondary N) is 1. The summed E-state index contributed by atoms with van der Waals surface area (Å²) in [6, 6.07) is 8.67.